The van der Waals surface area contributed by atoms with Gasteiger partial charge in [-0.05, 0) is 48.4 Å². The minimum atomic E-state index is -0.768. The van der Waals surface area contributed by atoms with Gasteiger partial charge in [0.1, 0.15) is 11.9 Å². The molecule has 0 bridgehead atoms. The Hall–Kier alpha value is -2.37. The summed E-state index contributed by atoms with van der Waals surface area (Å²) in [5.41, 5.74) is 1.86. The molecule has 2 aromatic heterocycles. The van der Waals surface area contributed by atoms with Crippen LogP contribution < -0.4 is 5.32 Å². The van der Waals surface area contributed by atoms with Crippen LogP contribution in [0.4, 0.5) is 0 Å². The number of carbonyl (C=O) groups excluding carboxylic acids is 1. The standard InChI is InChI=1S/C19H19NO3S/c1-2-13-5-7-14(8-6-13)19(22)20-12-15-9-10-17(24-15)18(21)16-4-3-11-23-16/h3-11,18,21H,2,12H2,1H3,(H,20,22). The van der Waals surface area contributed by atoms with Gasteiger partial charge in [0, 0.05) is 15.3 Å². The molecule has 124 valence electrons. The number of carbonyl (C=O) groups is 1. The molecule has 1 unspecified atom stereocenters. The van der Waals surface area contributed by atoms with E-state index in [-0.39, 0.29) is 5.91 Å². The molecule has 1 aromatic carbocycles. The number of nitrogens with one attached hydrogen (secondary N) is 1. The summed E-state index contributed by atoms with van der Waals surface area (Å²) in [5.74, 6) is 0.419. The van der Waals surface area contributed by atoms with Crippen molar-refractivity contribution in [1.82, 2.24) is 5.32 Å². The molecule has 0 aliphatic heterocycles. The number of rotatable bonds is 6. The smallest absolute Gasteiger partial charge is 0.251 e. The molecule has 3 aromatic rings. The lowest BCUT2D eigenvalue weighted by molar-refractivity contribution is 0.0951. The molecular formula is C19H19NO3S. The second-order valence-corrected chi connectivity index (χ2v) is 6.66. The molecule has 1 atom stereocenters. The molecule has 0 aliphatic rings. The maximum Gasteiger partial charge on any atom is 0.251 e. The van der Waals surface area contributed by atoms with Crippen molar-refractivity contribution in [2.75, 3.05) is 0 Å². The van der Waals surface area contributed by atoms with Crippen LogP contribution in [0.3, 0.4) is 0 Å². The van der Waals surface area contributed by atoms with Gasteiger partial charge in [0.25, 0.3) is 5.91 Å². The van der Waals surface area contributed by atoms with Crippen LogP contribution >= 0.6 is 11.3 Å². The van der Waals surface area contributed by atoms with Crippen LogP contribution in [0.2, 0.25) is 0 Å². The van der Waals surface area contributed by atoms with Crippen molar-refractivity contribution >= 4 is 17.2 Å². The van der Waals surface area contributed by atoms with Crippen molar-refractivity contribution in [1.29, 1.82) is 0 Å². The Balaban J connectivity index is 1.59. The van der Waals surface area contributed by atoms with Crippen molar-refractivity contribution < 1.29 is 14.3 Å². The van der Waals surface area contributed by atoms with Gasteiger partial charge in [-0.25, -0.2) is 0 Å². The van der Waals surface area contributed by atoms with Gasteiger partial charge >= 0.3 is 0 Å². The van der Waals surface area contributed by atoms with E-state index in [1.54, 1.807) is 12.1 Å². The van der Waals surface area contributed by atoms with Crippen LogP contribution in [0.5, 0.6) is 0 Å². The molecule has 5 heteroatoms. The normalized spacial score (nSPS) is 12.1. The third-order valence-electron chi connectivity index (χ3n) is 3.81. The first-order chi connectivity index (χ1) is 11.7. The first kappa shape index (κ1) is 16.5. The van der Waals surface area contributed by atoms with Crippen molar-refractivity contribution in [2.45, 2.75) is 26.0 Å². The third kappa shape index (κ3) is 3.75. The van der Waals surface area contributed by atoms with Crippen LogP contribution in [0.1, 0.15) is 44.5 Å². The lowest BCUT2D eigenvalue weighted by atomic mass is 10.1. The Morgan fingerprint density at radius 3 is 2.67 bits per heavy atom. The monoisotopic (exact) mass is 341 g/mol. The molecule has 0 saturated carbocycles. The number of aliphatic hydroxyl groups is 1. The van der Waals surface area contributed by atoms with E-state index in [1.807, 2.05) is 36.4 Å². The van der Waals surface area contributed by atoms with E-state index in [0.717, 1.165) is 16.2 Å². The average molecular weight is 341 g/mol. The maximum absolute atomic E-state index is 12.2. The summed E-state index contributed by atoms with van der Waals surface area (Å²) in [6.45, 7) is 2.52. The Bertz CT molecular complexity index is 790. The number of hydrogen-bond acceptors (Lipinski definition) is 4. The molecule has 24 heavy (non-hydrogen) atoms. The minimum Gasteiger partial charge on any atom is -0.466 e. The number of thiophene rings is 1. The molecular weight excluding hydrogens is 322 g/mol. The molecule has 4 nitrogen and oxygen atoms in total. The third-order valence-corrected chi connectivity index (χ3v) is 4.95. The second kappa shape index (κ2) is 7.47. The number of benzene rings is 1. The Labute approximate surface area is 144 Å². The van der Waals surface area contributed by atoms with Crippen LogP contribution in [0.15, 0.2) is 59.2 Å². The second-order valence-electron chi connectivity index (χ2n) is 5.46. The van der Waals surface area contributed by atoms with E-state index in [4.69, 9.17) is 4.42 Å². The van der Waals surface area contributed by atoms with E-state index in [0.29, 0.717) is 17.9 Å². The van der Waals surface area contributed by atoms with E-state index >= 15 is 0 Å². The molecule has 2 heterocycles. The fourth-order valence-electron chi connectivity index (χ4n) is 2.38. The van der Waals surface area contributed by atoms with Gasteiger partial charge in [-0.15, -0.1) is 11.3 Å². The topological polar surface area (TPSA) is 62.5 Å². The molecule has 2 N–H and O–H groups in total. The summed E-state index contributed by atoms with van der Waals surface area (Å²) in [6.07, 6.45) is 1.73. The van der Waals surface area contributed by atoms with Crippen molar-refractivity contribution in [3.05, 3.63) is 81.4 Å². The van der Waals surface area contributed by atoms with E-state index in [2.05, 4.69) is 12.2 Å². The number of furan rings is 1. The number of amides is 1. The molecule has 0 saturated heterocycles. The minimum absolute atomic E-state index is 0.0980. The largest absolute Gasteiger partial charge is 0.466 e. The molecule has 0 fully saturated rings. The van der Waals surface area contributed by atoms with Gasteiger partial charge in [-0.1, -0.05) is 19.1 Å². The van der Waals surface area contributed by atoms with Crippen molar-refractivity contribution in [3.8, 4) is 0 Å². The summed E-state index contributed by atoms with van der Waals surface area (Å²) in [7, 11) is 0. The highest BCUT2D eigenvalue weighted by Gasteiger charge is 2.15. The summed E-state index contributed by atoms with van der Waals surface area (Å²) in [4.78, 5) is 13.9. The van der Waals surface area contributed by atoms with Crippen LogP contribution in [0.25, 0.3) is 0 Å². The number of aryl methyl sites for hydroxylation is 1. The van der Waals surface area contributed by atoms with Crippen LogP contribution in [-0.2, 0) is 13.0 Å². The van der Waals surface area contributed by atoms with Crippen molar-refractivity contribution in [2.24, 2.45) is 0 Å². The lowest BCUT2D eigenvalue weighted by Gasteiger charge is -2.05. The van der Waals surface area contributed by atoms with Gasteiger partial charge in [-0.2, -0.15) is 0 Å². The summed E-state index contributed by atoms with van der Waals surface area (Å²) in [6, 6.07) is 14.9. The fourth-order valence-corrected chi connectivity index (χ4v) is 3.33. The highest BCUT2D eigenvalue weighted by molar-refractivity contribution is 7.12. The number of hydrogen-bond donors (Lipinski definition) is 2. The quantitative estimate of drug-likeness (QED) is 0.714. The summed E-state index contributed by atoms with van der Waals surface area (Å²) in [5, 5.41) is 13.1. The molecule has 1 amide bonds. The Morgan fingerprint density at radius 2 is 2.00 bits per heavy atom. The van der Waals surface area contributed by atoms with Crippen LogP contribution in [-0.4, -0.2) is 11.0 Å². The molecule has 0 radical (unpaired) electrons. The summed E-state index contributed by atoms with van der Waals surface area (Å²) >= 11 is 1.46. The summed E-state index contributed by atoms with van der Waals surface area (Å²) < 4.78 is 5.22. The highest BCUT2D eigenvalue weighted by Crippen LogP contribution is 2.28. The Kier molecular flexibility index (Phi) is 5.13. The lowest BCUT2D eigenvalue weighted by Crippen LogP contribution is -2.22. The zero-order valence-corrected chi connectivity index (χ0v) is 14.2. The van der Waals surface area contributed by atoms with E-state index < -0.39 is 6.10 Å². The zero-order valence-electron chi connectivity index (χ0n) is 13.4. The average Bonchev–Trinajstić information content (AvgIpc) is 3.31. The van der Waals surface area contributed by atoms with Gasteiger partial charge in [-0.3, -0.25) is 4.79 Å². The first-order valence-electron chi connectivity index (χ1n) is 7.84. The maximum atomic E-state index is 12.2. The highest BCUT2D eigenvalue weighted by atomic mass is 32.1. The van der Waals surface area contributed by atoms with Crippen LogP contribution in [0, 0.1) is 0 Å². The Morgan fingerprint density at radius 1 is 1.21 bits per heavy atom. The predicted molar refractivity (Wildman–Crippen MR) is 94.1 cm³/mol. The van der Waals surface area contributed by atoms with Gasteiger partial charge in [0.05, 0.1) is 12.8 Å². The van der Waals surface area contributed by atoms with E-state index in [9.17, 15) is 9.90 Å². The van der Waals surface area contributed by atoms with Gasteiger partial charge in [0.15, 0.2) is 0 Å². The molecule has 0 aliphatic carbocycles. The van der Waals surface area contributed by atoms with Gasteiger partial charge < -0.3 is 14.8 Å². The van der Waals surface area contributed by atoms with Crippen molar-refractivity contribution in [3.63, 3.8) is 0 Å². The SMILES string of the molecule is CCc1ccc(C(=O)NCc2ccc(C(O)c3ccco3)s2)cc1. The fraction of sp³-hybridized carbons (Fsp3) is 0.211. The van der Waals surface area contributed by atoms with Gasteiger partial charge in [0.2, 0.25) is 0 Å². The zero-order chi connectivity index (χ0) is 16.9. The molecule has 0 spiro atoms. The number of aliphatic hydroxyl groups excluding tert-OH is 1. The first-order valence-corrected chi connectivity index (χ1v) is 8.66. The predicted octanol–water partition coefficient (Wildman–Crippen LogP) is 3.92. The van der Waals surface area contributed by atoms with E-state index in [1.165, 1.54) is 23.2 Å². The molecule has 3 rings (SSSR count).